The van der Waals surface area contributed by atoms with E-state index in [1.807, 2.05) is 26.0 Å². The van der Waals surface area contributed by atoms with Crippen LogP contribution in [0.15, 0.2) is 24.8 Å². The van der Waals surface area contributed by atoms with Crippen LogP contribution in [0, 0.1) is 19.8 Å². The molecular formula is C14H17NO2. The third-order valence-electron chi connectivity index (χ3n) is 3.20. The molecule has 3 nitrogen and oxygen atoms in total. The number of benzene rings is 1. The molecule has 1 aliphatic rings. The van der Waals surface area contributed by atoms with Gasteiger partial charge in [-0.05, 0) is 31.0 Å². The van der Waals surface area contributed by atoms with Gasteiger partial charge in [0.05, 0.1) is 5.69 Å². The number of aryl methyl sites for hydroxylation is 2. The topological polar surface area (TPSA) is 40.5 Å². The van der Waals surface area contributed by atoms with Gasteiger partial charge in [0.15, 0.2) is 0 Å². The number of aromatic hydroxyl groups is 1. The molecule has 90 valence electrons. The highest BCUT2D eigenvalue weighted by Gasteiger charge is 2.30. The van der Waals surface area contributed by atoms with E-state index in [9.17, 15) is 9.90 Å². The summed E-state index contributed by atoms with van der Waals surface area (Å²) in [4.78, 5) is 13.5. The molecule has 1 unspecified atom stereocenters. The maximum Gasteiger partial charge on any atom is 0.227 e. The largest absolute Gasteiger partial charge is 0.505 e. The summed E-state index contributed by atoms with van der Waals surface area (Å²) >= 11 is 0. The molecule has 17 heavy (non-hydrogen) atoms. The molecule has 1 aromatic rings. The van der Waals surface area contributed by atoms with Gasteiger partial charge in [-0.3, -0.25) is 4.79 Å². The highest BCUT2D eigenvalue weighted by atomic mass is 16.3. The zero-order valence-electron chi connectivity index (χ0n) is 10.2. The van der Waals surface area contributed by atoms with Crippen LogP contribution in [0.4, 0.5) is 5.69 Å². The Morgan fingerprint density at radius 2 is 2.18 bits per heavy atom. The number of phenols is 1. The van der Waals surface area contributed by atoms with E-state index in [2.05, 4.69) is 6.58 Å². The number of hydrogen-bond donors (Lipinski definition) is 1. The molecule has 1 aromatic carbocycles. The molecule has 0 spiro atoms. The molecule has 1 fully saturated rings. The summed E-state index contributed by atoms with van der Waals surface area (Å²) in [6.07, 6.45) is 2.29. The molecular weight excluding hydrogens is 214 g/mol. The Labute approximate surface area is 101 Å². The van der Waals surface area contributed by atoms with Crippen molar-refractivity contribution in [3.8, 4) is 5.75 Å². The summed E-state index contributed by atoms with van der Waals surface area (Å²) in [5, 5.41) is 10.0. The van der Waals surface area contributed by atoms with E-state index in [-0.39, 0.29) is 17.6 Å². The first-order chi connectivity index (χ1) is 8.02. The van der Waals surface area contributed by atoms with Crippen molar-refractivity contribution in [2.75, 3.05) is 11.4 Å². The van der Waals surface area contributed by atoms with Gasteiger partial charge in [0.1, 0.15) is 5.75 Å². The fourth-order valence-electron chi connectivity index (χ4n) is 2.27. The zero-order chi connectivity index (χ0) is 12.6. The molecule has 1 atom stereocenters. The lowest BCUT2D eigenvalue weighted by Gasteiger charge is -2.19. The molecule has 1 amide bonds. The summed E-state index contributed by atoms with van der Waals surface area (Å²) in [5.41, 5.74) is 2.47. The minimum absolute atomic E-state index is 0.0511. The van der Waals surface area contributed by atoms with Crippen LogP contribution in [0.2, 0.25) is 0 Å². The molecule has 0 radical (unpaired) electrons. The van der Waals surface area contributed by atoms with Gasteiger partial charge in [-0.2, -0.15) is 0 Å². The number of hydrogen-bond acceptors (Lipinski definition) is 2. The predicted octanol–water partition coefficient (Wildman–Crippen LogP) is 2.55. The number of nitrogens with zero attached hydrogens (tertiary/aromatic N) is 1. The Bertz CT molecular complexity index is 479. The van der Waals surface area contributed by atoms with Gasteiger partial charge in [-0.25, -0.2) is 0 Å². The first kappa shape index (κ1) is 11.7. The molecule has 1 N–H and O–H groups in total. The van der Waals surface area contributed by atoms with Crippen molar-refractivity contribution in [2.24, 2.45) is 5.92 Å². The van der Waals surface area contributed by atoms with Crippen molar-refractivity contribution >= 4 is 11.6 Å². The summed E-state index contributed by atoms with van der Waals surface area (Å²) < 4.78 is 0. The lowest BCUT2D eigenvalue weighted by Crippen LogP contribution is -2.24. The molecule has 1 saturated heterocycles. The van der Waals surface area contributed by atoms with Gasteiger partial charge < -0.3 is 10.0 Å². The number of rotatable bonds is 2. The molecule has 0 aromatic heterocycles. The predicted molar refractivity (Wildman–Crippen MR) is 68.2 cm³/mol. The Morgan fingerprint density at radius 3 is 2.76 bits per heavy atom. The molecule has 1 heterocycles. The van der Waals surface area contributed by atoms with E-state index >= 15 is 0 Å². The van der Waals surface area contributed by atoms with Gasteiger partial charge in [0.25, 0.3) is 0 Å². The second kappa shape index (κ2) is 4.24. The Hall–Kier alpha value is -1.77. The third-order valence-corrected chi connectivity index (χ3v) is 3.20. The number of carbonyl (C=O) groups is 1. The second-order valence-electron chi connectivity index (χ2n) is 4.65. The van der Waals surface area contributed by atoms with Gasteiger partial charge >= 0.3 is 0 Å². The monoisotopic (exact) mass is 231 g/mol. The van der Waals surface area contributed by atoms with E-state index in [1.165, 1.54) is 0 Å². The Morgan fingerprint density at radius 1 is 1.47 bits per heavy atom. The maximum atomic E-state index is 11.9. The van der Waals surface area contributed by atoms with Gasteiger partial charge in [0, 0.05) is 18.9 Å². The van der Waals surface area contributed by atoms with Crippen LogP contribution in [-0.4, -0.2) is 17.6 Å². The Balaban J connectivity index is 2.41. The quantitative estimate of drug-likeness (QED) is 0.795. The first-order valence-corrected chi connectivity index (χ1v) is 5.76. The van der Waals surface area contributed by atoms with Crippen molar-refractivity contribution in [2.45, 2.75) is 20.3 Å². The maximum absolute atomic E-state index is 11.9. The normalized spacial score (nSPS) is 19.8. The first-order valence-electron chi connectivity index (χ1n) is 5.76. The fourth-order valence-corrected chi connectivity index (χ4v) is 2.27. The number of anilines is 1. The summed E-state index contributed by atoms with van der Waals surface area (Å²) in [6, 6.07) is 3.76. The van der Waals surface area contributed by atoms with Crippen LogP contribution in [0.25, 0.3) is 0 Å². The van der Waals surface area contributed by atoms with Gasteiger partial charge in [0.2, 0.25) is 5.91 Å². The van der Waals surface area contributed by atoms with Crippen LogP contribution in [0.3, 0.4) is 0 Å². The molecule has 0 aliphatic carbocycles. The molecule has 2 rings (SSSR count). The lowest BCUT2D eigenvalue weighted by molar-refractivity contribution is -0.117. The smallest absolute Gasteiger partial charge is 0.227 e. The minimum Gasteiger partial charge on any atom is -0.505 e. The van der Waals surface area contributed by atoms with Crippen LogP contribution < -0.4 is 4.90 Å². The van der Waals surface area contributed by atoms with Crippen molar-refractivity contribution in [1.82, 2.24) is 0 Å². The summed E-state index contributed by atoms with van der Waals surface area (Å²) in [6.45, 7) is 8.14. The molecule has 0 bridgehead atoms. The zero-order valence-corrected chi connectivity index (χ0v) is 10.2. The average molecular weight is 231 g/mol. The number of carbonyl (C=O) groups excluding carboxylic acids is 1. The van der Waals surface area contributed by atoms with Crippen LogP contribution >= 0.6 is 0 Å². The van der Waals surface area contributed by atoms with Crippen LogP contribution in [-0.2, 0) is 4.79 Å². The number of phenolic OH excluding ortho intramolecular Hbond substituents is 1. The fraction of sp³-hybridized carbons (Fsp3) is 0.357. The minimum atomic E-state index is 0.0511. The highest BCUT2D eigenvalue weighted by Crippen LogP contribution is 2.35. The van der Waals surface area contributed by atoms with Crippen LogP contribution in [0.5, 0.6) is 5.75 Å². The van der Waals surface area contributed by atoms with Crippen LogP contribution in [0.1, 0.15) is 17.5 Å². The standard InChI is InChI=1S/C14H17NO2/c1-4-11-7-13(16)15(8-11)12-6-9(2)5-10(3)14(12)17/h4-6,11,17H,1,7-8H2,2-3H3. The van der Waals surface area contributed by atoms with Crippen molar-refractivity contribution in [3.05, 3.63) is 35.9 Å². The molecule has 0 saturated carbocycles. The van der Waals surface area contributed by atoms with Crippen molar-refractivity contribution in [1.29, 1.82) is 0 Å². The Kier molecular flexibility index (Phi) is 2.92. The average Bonchev–Trinajstić information content (AvgIpc) is 2.65. The van der Waals surface area contributed by atoms with Gasteiger partial charge in [-0.1, -0.05) is 12.1 Å². The van der Waals surface area contributed by atoms with Gasteiger partial charge in [-0.15, -0.1) is 6.58 Å². The summed E-state index contributed by atoms with van der Waals surface area (Å²) in [5.74, 6) is 0.437. The van der Waals surface area contributed by atoms with E-state index in [0.717, 1.165) is 11.1 Å². The van der Waals surface area contributed by atoms with E-state index in [4.69, 9.17) is 0 Å². The second-order valence-corrected chi connectivity index (χ2v) is 4.65. The summed E-state index contributed by atoms with van der Waals surface area (Å²) in [7, 11) is 0. The van der Waals surface area contributed by atoms with Crippen molar-refractivity contribution < 1.29 is 9.90 Å². The number of amides is 1. The van der Waals surface area contributed by atoms with E-state index in [1.54, 1.807) is 11.0 Å². The molecule has 3 heteroatoms. The lowest BCUT2D eigenvalue weighted by atomic mass is 10.1. The van der Waals surface area contributed by atoms with E-state index in [0.29, 0.717) is 18.7 Å². The van der Waals surface area contributed by atoms with E-state index < -0.39 is 0 Å². The SMILES string of the molecule is C=CC1CC(=O)N(c2cc(C)cc(C)c2O)C1. The molecule has 1 aliphatic heterocycles. The van der Waals surface area contributed by atoms with Crippen molar-refractivity contribution in [3.63, 3.8) is 0 Å². The third kappa shape index (κ3) is 2.05. The highest BCUT2D eigenvalue weighted by molar-refractivity contribution is 5.97.